The van der Waals surface area contributed by atoms with Crippen molar-refractivity contribution in [2.45, 2.75) is 13.5 Å². The quantitative estimate of drug-likeness (QED) is 0.541. The molecule has 0 aliphatic rings. The number of aromatic nitrogens is 3. The highest BCUT2D eigenvalue weighted by Crippen LogP contribution is 2.24. The summed E-state index contributed by atoms with van der Waals surface area (Å²) in [6.07, 6.45) is 5.67. The van der Waals surface area contributed by atoms with Crippen LogP contribution in [0.4, 0.5) is 11.6 Å². The number of hydrogen-bond donors (Lipinski definition) is 1. The number of hydrogen-bond acceptors (Lipinski definition) is 4. The molecular formula is C23H22N4O2. The van der Waals surface area contributed by atoms with Crippen molar-refractivity contribution in [3.05, 3.63) is 101 Å². The Morgan fingerprint density at radius 1 is 1.03 bits per heavy atom. The van der Waals surface area contributed by atoms with E-state index in [0.717, 1.165) is 22.5 Å². The minimum atomic E-state index is -0.404. The second-order valence-electron chi connectivity index (χ2n) is 6.77. The van der Waals surface area contributed by atoms with Crippen molar-refractivity contribution >= 4 is 11.6 Å². The Balaban J connectivity index is 1.74. The van der Waals surface area contributed by atoms with Gasteiger partial charge in [-0.05, 0) is 42.3 Å². The summed E-state index contributed by atoms with van der Waals surface area (Å²) in [7, 11) is 1.48. The SMILES string of the molecule is COc1cn(Cc2ccccc2)c(Nc2cc(-n3cccc3)ccc2C)nc1=O. The standard InChI is InChI=1S/C23H22N4O2/c1-17-10-11-19(26-12-6-7-13-26)14-20(17)24-23-25-22(28)21(29-2)16-27(23)15-18-8-4-3-5-9-18/h3-14,16H,15H2,1-2H3,(H,24,25,28). The summed E-state index contributed by atoms with van der Waals surface area (Å²) in [5.74, 6) is 0.678. The van der Waals surface area contributed by atoms with Crippen molar-refractivity contribution in [2.75, 3.05) is 12.4 Å². The van der Waals surface area contributed by atoms with Crippen LogP contribution in [0.3, 0.4) is 0 Å². The van der Waals surface area contributed by atoms with Gasteiger partial charge in [-0.3, -0.25) is 4.79 Å². The number of methoxy groups -OCH3 is 1. The molecule has 0 unspecified atom stereocenters. The van der Waals surface area contributed by atoms with Crippen LogP contribution in [0.25, 0.3) is 5.69 Å². The summed E-state index contributed by atoms with van der Waals surface area (Å²) in [5.41, 5.74) is 3.65. The van der Waals surface area contributed by atoms with E-state index in [1.54, 1.807) is 6.20 Å². The fraction of sp³-hybridized carbons (Fsp3) is 0.130. The van der Waals surface area contributed by atoms with Gasteiger partial charge in [0.1, 0.15) is 0 Å². The Bertz CT molecular complexity index is 1170. The number of benzene rings is 2. The molecule has 0 aliphatic carbocycles. The highest BCUT2D eigenvalue weighted by atomic mass is 16.5. The number of nitrogens with zero attached hydrogens (tertiary/aromatic N) is 3. The Morgan fingerprint density at radius 3 is 2.52 bits per heavy atom. The number of nitrogens with one attached hydrogen (secondary N) is 1. The Kier molecular flexibility index (Phi) is 5.16. The minimum absolute atomic E-state index is 0.212. The van der Waals surface area contributed by atoms with Crippen molar-refractivity contribution in [1.82, 2.24) is 14.1 Å². The van der Waals surface area contributed by atoms with Gasteiger partial charge in [0.05, 0.1) is 19.9 Å². The van der Waals surface area contributed by atoms with E-state index >= 15 is 0 Å². The van der Waals surface area contributed by atoms with Crippen LogP contribution in [0.15, 0.2) is 84.0 Å². The largest absolute Gasteiger partial charge is 0.490 e. The molecule has 6 heteroatoms. The first-order valence-corrected chi connectivity index (χ1v) is 9.34. The lowest BCUT2D eigenvalue weighted by Crippen LogP contribution is -2.19. The van der Waals surface area contributed by atoms with Gasteiger partial charge >= 0.3 is 5.56 Å². The maximum absolute atomic E-state index is 12.3. The van der Waals surface area contributed by atoms with Gasteiger partial charge < -0.3 is 19.2 Å². The molecule has 0 radical (unpaired) electrons. The Morgan fingerprint density at radius 2 is 1.79 bits per heavy atom. The van der Waals surface area contributed by atoms with Gasteiger partial charge in [0.25, 0.3) is 0 Å². The monoisotopic (exact) mass is 386 g/mol. The molecule has 0 spiro atoms. The molecule has 0 saturated heterocycles. The smallest absolute Gasteiger partial charge is 0.316 e. The summed E-state index contributed by atoms with van der Waals surface area (Å²) in [6, 6.07) is 20.1. The first kappa shape index (κ1) is 18.6. The molecule has 2 aromatic heterocycles. The zero-order valence-corrected chi connectivity index (χ0v) is 16.4. The maximum Gasteiger partial charge on any atom is 0.316 e. The van der Waals surface area contributed by atoms with Gasteiger partial charge in [-0.1, -0.05) is 36.4 Å². The highest BCUT2D eigenvalue weighted by Gasteiger charge is 2.11. The first-order valence-electron chi connectivity index (χ1n) is 9.34. The number of anilines is 2. The molecule has 29 heavy (non-hydrogen) atoms. The van der Waals surface area contributed by atoms with Crippen LogP contribution in [0.5, 0.6) is 5.75 Å². The van der Waals surface area contributed by atoms with Crippen LogP contribution >= 0.6 is 0 Å². The summed E-state index contributed by atoms with van der Waals surface area (Å²) >= 11 is 0. The molecule has 1 N–H and O–H groups in total. The van der Waals surface area contributed by atoms with Crippen molar-refractivity contribution in [3.63, 3.8) is 0 Å². The summed E-state index contributed by atoms with van der Waals surface area (Å²) < 4.78 is 9.11. The number of aryl methyl sites for hydroxylation is 1. The van der Waals surface area contributed by atoms with Crippen LogP contribution in [-0.2, 0) is 6.54 Å². The molecule has 0 amide bonds. The van der Waals surface area contributed by atoms with Crippen LogP contribution in [0.2, 0.25) is 0 Å². The molecule has 4 rings (SSSR count). The molecule has 6 nitrogen and oxygen atoms in total. The summed E-state index contributed by atoms with van der Waals surface area (Å²) in [4.78, 5) is 16.5. The van der Waals surface area contributed by atoms with E-state index in [4.69, 9.17) is 4.74 Å². The van der Waals surface area contributed by atoms with E-state index in [-0.39, 0.29) is 5.75 Å². The van der Waals surface area contributed by atoms with Gasteiger partial charge in [-0.15, -0.1) is 0 Å². The lowest BCUT2D eigenvalue weighted by Gasteiger charge is -2.17. The van der Waals surface area contributed by atoms with Gasteiger partial charge in [0, 0.05) is 23.8 Å². The highest BCUT2D eigenvalue weighted by molar-refractivity contribution is 5.62. The fourth-order valence-electron chi connectivity index (χ4n) is 3.15. The molecule has 0 aliphatic heterocycles. The number of ether oxygens (including phenoxy) is 1. The maximum atomic E-state index is 12.3. The zero-order valence-electron chi connectivity index (χ0n) is 16.4. The second kappa shape index (κ2) is 8.06. The van der Waals surface area contributed by atoms with Crippen LogP contribution in [0, 0.1) is 6.92 Å². The lowest BCUT2D eigenvalue weighted by atomic mass is 10.2. The third-order valence-corrected chi connectivity index (χ3v) is 4.75. The van der Waals surface area contributed by atoms with Crippen molar-refractivity contribution < 1.29 is 4.74 Å². The first-order chi connectivity index (χ1) is 14.1. The topological polar surface area (TPSA) is 61.1 Å². The van der Waals surface area contributed by atoms with E-state index < -0.39 is 5.56 Å². The van der Waals surface area contributed by atoms with Crippen LogP contribution in [-0.4, -0.2) is 21.2 Å². The molecule has 0 saturated carbocycles. The molecule has 146 valence electrons. The molecule has 2 heterocycles. The van der Waals surface area contributed by atoms with Crippen LogP contribution in [0.1, 0.15) is 11.1 Å². The third-order valence-electron chi connectivity index (χ3n) is 4.75. The van der Waals surface area contributed by atoms with E-state index in [1.165, 1.54) is 7.11 Å². The van der Waals surface area contributed by atoms with Gasteiger partial charge in [0.2, 0.25) is 11.7 Å². The predicted octanol–water partition coefficient (Wildman–Crippen LogP) is 4.14. The Hall–Kier alpha value is -3.80. The Labute approximate surface area is 169 Å². The average molecular weight is 386 g/mol. The fourth-order valence-corrected chi connectivity index (χ4v) is 3.15. The molecule has 0 atom stereocenters. The van der Waals surface area contributed by atoms with Crippen molar-refractivity contribution in [2.24, 2.45) is 0 Å². The average Bonchev–Trinajstić information content (AvgIpc) is 3.27. The molecule has 0 fully saturated rings. The van der Waals surface area contributed by atoms with Gasteiger partial charge in [-0.2, -0.15) is 4.98 Å². The van der Waals surface area contributed by atoms with Crippen molar-refractivity contribution in [1.29, 1.82) is 0 Å². The zero-order chi connectivity index (χ0) is 20.2. The van der Waals surface area contributed by atoms with E-state index in [1.807, 2.05) is 83.0 Å². The third kappa shape index (κ3) is 4.06. The molecular weight excluding hydrogens is 364 g/mol. The summed E-state index contributed by atoms with van der Waals surface area (Å²) in [6.45, 7) is 2.58. The summed E-state index contributed by atoms with van der Waals surface area (Å²) in [5, 5.41) is 3.34. The van der Waals surface area contributed by atoms with E-state index in [2.05, 4.69) is 16.4 Å². The molecule has 0 bridgehead atoms. The van der Waals surface area contributed by atoms with Gasteiger partial charge in [0.15, 0.2) is 0 Å². The van der Waals surface area contributed by atoms with Crippen LogP contribution < -0.4 is 15.6 Å². The van der Waals surface area contributed by atoms with E-state index in [0.29, 0.717) is 12.5 Å². The predicted molar refractivity (Wildman–Crippen MR) is 114 cm³/mol. The van der Waals surface area contributed by atoms with Crippen molar-refractivity contribution in [3.8, 4) is 11.4 Å². The van der Waals surface area contributed by atoms with Gasteiger partial charge in [-0.25, -0.2) is 0 Å². The molecule has 4 aromatic rings. The lowest BCUT2D eigenvalue weighted by molar-refractivity contribution is 0.402. The normalized spacial score (nSPS) is 10.7. The molecule has 2 aromatic carbocycles. The minimum Gasteiger partial charge on any atom is -0.490 e. The number of rotatable bonds is 6. The second-order valence-corrected chi connectivity index (χ2v) is 6.77. The van der Waals surface area contributed by atoms with E-state index in [9.17, 15) is 4.79 Å².